The summed E-state index contributed by atoms with van der Waals surface area (Å²) in [5.41, 5.74) is 5.29. The van der Waals surface area contributed by atoms with Gasteiger partial charge in [-0.25, -0.2) is 4.79 Å². The number of methoxy groups -OCH3 is 2. The predicted molar refractivity (Wildman–Crippen MR) is 96.0 cm³/mol. The van der Waals surface area contributed by atoms with Crippen molar-refractivity contribution in [1.82, 2.24) is 0 Å². The third-order valence-corrected chi connectivity index (χ3v) is 3.46. The van der Waals surface area contributed by atoms with E-state index in [1.165, 1.54) is 26.4 Å². The van der Waals surface area contributed by atoms with Crippen LogP contribution in [0.1, 0.15) is 10.4 Å². The lowest BCUT2D eigenvalue weighted by Gasteiger charge is -2.11. The number of esters is 1. The van der Waals surface area contributed by atoms with Gasteiger partial charge in [-0.2, -0.15) is 0 Å². The van der Waals surface area contributed by atoms with Crippen molar-refractivity contribution in [3.8, 4) is 11.5 Å². The molecule has 10 heteroatoms. The number of carbonyl (C=O) groups excluding carboxylic acids is 2. The molecule has 0 saturated heterocycles. The number of ether oxygens (including phenoxy) is 3. The smallest absolute Gasteiger partial charge is 0.338 e. The largest absolute Gasteiger partial charge is 0.493 e. The molecule has 2 aromatic carbocycles. The van der Waals surface area contributed by atoms with Crippen LogP contribution in [0.3, 0.4) is 0 Å². The second-order valence-electron chi connectivity index (χ2n) is 5.22. The summed E-state index contributed by atoms with van der Waals surface area (Å²) in [4.78, 5) is 34.1. The van der Waals surface area contributed by atoms with E-state index < -0.39 is 29.1 Å². The second-order valence-corrected chi connectivity index (χ2v) is 5.22. The summed E-state index contributed by atoms with van der Waals surface area (Å²) in [6.07, 6.45) is 0. The predicted octanol–water partition coefficient (Wildman–Crippen LogP) is 1.99. The molecule has 1 amide bonds. The topological polar surface area (TPSA) is 143 Å². The van der Waals surface area contributed by atoms with Crippen LogP contribution in [0.5, 0.6) is 11.5 Å². The number of nitrogens with one attached hydrogen (secondary N) is 1. The van der Waals surface area contributed by atoms with E-state index in [0.29, 0.717) is 17.2 Å². The molecule has 0 aromatic heterocycles. The Labute approximate surface area is 154 Å². The van der Waals surface area contributed by atoms with Crippen LogP contribution in [0, 0.1) is 10.1 Å². The minimum atomic E-state index is -0.888. The second kappa shape index (κ2) is 8.52. The summed E-state index contributed by atoms with van der Waals surface area (Å²) >= 11 is 0. The van der Waals surface area contributed by atoms with E-state index in [1.807, 2.05) is 0 Å². The Morgan fingerprint density at radius 3 is 2.44 bits per heavy atom. The number of nitrogens with zero attached hydrogens (tertiary/aromatic N) is 1. The Balaban J connectivity index is 1.98. The first-order valence-electron chi connectivity index (χ1n) is 7.58. The maximum Gasteiger partial charge on any atom is 0.338 e. The number of nitrogen functional groups attached to an aromatic ring is 1. The number of rotatable bonds is 7. The quantitative estimate of drug-likeness (QED) is 0.324. The molecular weight excluding hydrogens is 358 g/mol. The van der Waals surface area contributed by atoms with Crippen LogP contribution in [-0.4, -0.2) is 37.6 Å². The van der Waals surface area contributed by atoms with E-state index in [9.17, 15) is 19.7 Å². The van der Waals surface area contributed by atoms with Crippen molar-refractivity contribution in [1.29, 1.82) is 0 Å². The van der Waals surface area contributed by atoms with Crippen LogP contribution < -0.4 is 20.5 Å². The number of anilines is 2. The summed E-state index contributed by atoms with van der Waals surface area (Å²) in [6.45, 7) is -0.578. The van der Waals surface area contributed by atoms with Crippen molar-refractivity contribution >= 4 is 28.9 Å². The molecule has 0 atom stereocenters. The molecule has 10 nitrogen and oxygen atoms in total. The summed E-state index contributed by atoms with van der Waals surface area (Å²) in [7, 11) is 2.94. The van der Waals surface area contributed by atoms with Crippen molar-refractivity contribution in [2.45, 2.75) is 0 Å². The van der Waals surface area contributed by atoms with Crippen molar-refractivity contribution in [2.24, 2.45) is 0 Å². The van der Waals surface area contributed by atoms with Crippen LogP contribution >= 0.6 is 0 Å². The molecule has 3 N–H and O–H groups in total. The van der Waals surface area contributed by atoms with E-state index >= 15 is 0 Å². The summed E-state index contributed by atoms with van der Waals surface area (Å²) in [6, 6.07) is 8.22. The number of benzene rings is 2. The molecule has 0 unspecified atom stereocenters. The standard InChI is InChI=1S/C17H17N3O7/c1-25-14-6-4-11(8-15(14)26-2)19-16(21)9-27-17(22)10-3-5-12(18)13(7-10)20(23)24/h3-8H,9,18H2,1-2H3,(H,19,21). The van der Waals surface area contributed by atoms with Crippen molar-refractivity contribution in [3.05, 3.63) is 52.1 Å². The molecule has 27 heavy (non-hydrogen) atoms. The Kier molecular flexibility index (Phi) is 6.15. The highest BCUT2D eigenvalue weighted by Gasteiger charge is 2.17. The molecule has 2 aromatic rings. The van der Waals surface area contributed by atoms with Gasteiger partial charge in [-0.3, -0.25) is 14.9 Å². The molecule has 2 rings (SSSR count). The van der Waals surface area contributed by atoms with Crippen LogP contribution in [0.25, 0.3) is 0 Å². The lowest BCUT2D eigenvalue weighted by atomic mass is 10.2. The fourth-order valence-electron chi connectivity index (χ4n) is 2.15. The van der Waals surface area contributed by atoms with Gasteiger partial charge in [0.1, 0.15) is 5.69 Å². The number of hydrogen-bond acceptors (Lipinski definition) is 8. The van der Waals surface area contributed by atoms with Crippen molar-refractivity contribution in [3.63, 3.8) is 0 Å². The van der Waals surface area contributed by atoms with Crippen molar-refractivity contribution < 1.29 is 28.7 Å². The molecule has 0 aliphatic heterocycles. The summed E-state index contributed by atoms with van der Waals surface area (Å²) in [5, 5.41) is 13.4. The van der Waals surface area contributed by atoms with Crippen LogP contribution in [0.15, 0.2) is 36.4 Å². The third-order valence-electron chi connectivity index (χ3n) is 3.46. The summed E-state index contributed by atoms with van der Waals surface area (Å²) in [5.74, 6) is -0.575. The monoisotopic (exact) mass is 375 g/mol. The highest BCUT2D eigenvalue weighted by molar-refractivity contribution is 5.96. The minimum Gasteiger partial charge on any atom is -0.493 e. The first kappa shape index (κ1) is 19.5. The van der Waals surface area contributed by atoms with E-state index in [2.05, 4.69) is 5.32 Å². The fraction of sp³-hybridized carbons (Fsp3) is 0.176. The number of hydrogen-bond donors (Lipinski definition) is 2. The van der Waals surface area contributed by atoms with E-state index in [1.54, 1.807) is 18.2 Å². The number of amides is 1. The maximum atomic E-state index is 12.0. The Bertz CT molecular complexity index is 883. The van der Waals surface area contributed by atoms with Gasteiger partial charge in [0.15, 0.2) is 18.1 Å². The lowest BCUT2D eigenvalue weighted by molar-refractivity contribution is -0.383. The van der Waals surface area contributed by atoms with Gasteiger partial charge >= 0.3 is 5.97 Å². The summed E-state index contributed by atoms with van der Waals surface area (Å²) < 4.78 is 15.1. The van der Waals surface area contributed by atoms with E-state index in [0.717, 1.165) is 6.07 Å². The minimum absolute atomic E-state index is 0.0808. The molecule has 142 valence electrons. The van der Waals surface area contributed by atoms with E-state index in [4.69, 9.17) is 19.9 Å². The molecular formula is C17H17N3O7. The van der Waals surface area contributed by atoms with Gasteiger partial charge in [-0.15, -0.1) is 0 Å². The molecule has 0 fully saturated rings. The first-order valence-corrected chi connectivity index (χ1v) is 7.58. The highest BCUT2D eigenvalue weighted by Crippen LogP contribution is 2.29. The van der Waals surface area contributed by atoms with Crippen LogP contribution in [0.4, 0.5) is 17.1 Å². The van der Waals surface area contributed by atoms with Gasteiger partial charge in [0.25, 0.3) is 11.6 Å². The first-order chi connectivity index (χ1) is 12.8. The molecule has 0 saturated carbocycles. The molecule has 0 heterocycles. The third kappa shape index (κ3) is 4.84. The SMILES string of the molecule is COc1ccc(NC(=O)COC(=O)c2ccc(N)c([N+](=O)[O-])c2)cc1OC. The number of nitrogens with two attached hydrogens (primary N) is 1. The Morgan fingerprint density at radius 1 is 1.11 bits per heavy atom. The van der Waals surface area contributed by atoms with Gasteiger partial charge < -0.3 is 25.3 Å². The number of nitro benzene ring substituents is 1. The molecule has 0 aliphatic carbocycles. The van der Waals surface area contributed by atoms with Gasteiger partial charge in [0.05, 0.1) is 24.7 Å². The Hall–Kier alpha value is -3.82. The van der Waals surface area contributed by atoms with Gasteiger partial charge in [0, 0.05) is 17.8 Å². The average molecular weight is 375 g/mol. The van der Waals surface area contributed by atoms with Crippen molar-refractivity contribution in [2.75, 3.05) is 31.9 Å². The Morgan fingerprint density at radius 2 is 1.81 bits per heavy atom. The highest BCUT2D eigenvalue weighted by atomic mass is 16.6. The lowest BCUT2D eigenvalue weighted by Crippen LogP contribution is -2.21. The molecule has 0 aliphatic rings. The average Bonchev–Trinajstić information content (AvgIpc) is 2.66. The zero-order valence-electron chi connectivity index (χ0n) is 14.6. The number of nitro groups is 1. The number of carbonyl (C=O) groups is 2. The zero-order chi connectivity index (χ0) is 20.0. The normalized spacial score (nSPS) is 10.0. The molecule has 0 spiro atoms. The maximum absolute atomic E-state index is 12.0. The van der Waals surface area contributed by atoms with Crippen LogP contribution in [-0.2, 0) is 9.53 Å². The van der Waals surface area contributed by atoms with Gasteiger partial charge in [-0.05, 0) is 24.3 Å². The molecule has 0 bridgehead atoms. The zero-order valence-corrected chi connectivity index (χ0v) is 14.6. The van der Waals surface area contributed by atoms with Crippen LogP contribution in [0.2, 0.25) is 0 Å². The molecule has 0 radical (unpaired) electrons. The fourth-order valence-corrected chi connectivity index (χ4v) is 2.15. The van der Waals surface area contributed by atoms with Gasteiger partial charge in [0.2, 0.25) is 0 Å². The van der Waals surface area contributed by atoms with Gasteiger partial charge in [-0.1, -0.05) is 0 Å². The van der Waals surface area contributed by atoms with E-state index in [-0.39, 0.29) is 11.3 Å².